The van der Waals surface area contributed by atoms with Gasteiger partial charge in [0.1, 0.15) is 12.2 Å². The molecule has 1 amide bonds. The number of aromatic nitrogens is 2. The quantitative estimate of drug-likeness (QED) is 0.822. The fraction of sp³-hybridized carbons (Fsp3) is 0.214. The third-order valence-corrected chi connectivity index (χ3v) is 2.79. The minimum absolute atomic E-state index is 0.172. The molecule has 104 valence electrons. The molecule has 0 aliphatic carbocycles. The number of methoxy groups -OCH3 is 1. The van der Waals surface area contributed by atoms with Gasteiger partial charge in [-0.1, -0.05) is 29.8 Å². The van der Waals surface area contributed by atoms with Crippen LogP contribution in [0.3, 0.4) is 0 Å². The van der Waals surface area contributed by atoms with E-state index in [0.29, 0.717) is 11.4 Å². The molecular weight excluding hydrogens is 258 g/mol. The van der Waals surface area contributed by atoms with Gasteiger partial charge in [0.15, 0.2) is 0 Å². The van der Waals surface area contributed by atoms with E-state index in [4.69, 9.17) is 0 Å². The third-order valence-electron chi connectivity index (χ3n) is 2.79. The summed E-state index contributed by atoms with van der Waals surface area (Å²) in [7, 11) is 1.26. The molecule has 2 aromatic rings. The lowest BCUT2D eigenvalue weighted by atomic mass is 10.1. The number of carbonyl (C=O) groups excluding carboxylic acids is 2. The number of H-pyrrole nitrogens is 1. The second-order valence-electron chi connectivity index (χ2n) is 4.29. The van der Waals surface area contributed by atoms with Gasteiger partial charge in [-0.2, -0.15) is 5.10 Å². The van der Waals surface area contributed by atoms with Crippen LogP contribution in [0.4, 0.5) is 0 Å². The summed E-state index contributed by atoms with van der Waals surface area (Å²) in [6.45, 7) is 1.83. The highest BCUT2D eigenvalue weighted by molar-refractivity contribution is 5.95. The first-order valence-corrected chi connectivity index (χ1v) is 6.07. The highest BCUT2D eigenvalue weighted by Gasteiger charge is 2.12. The highest BCUT2D eigenvalue weighted by Crippen LogP contribution is 2.18. The Morgan fingerprint density at radius 2 is 2.00 bits per heavy atom. The average Bonchev–Trinajstić information content (AvgIpc) is 2.95. The lowest BCUT2D eigenvalue weighted by molar-refractivity contribution is -0.139. The molecule has 2 rings (SSSR count). The summed E-state index contributed by atoms with van der Waals surface area (Å²) < 4.78 is 4.44. The first-order valence-electron chi connectivity index (χ1n) is 6.07. The van der Waals surface area contributed by atoms with Crippen LogP contribution in [-0.2, 0) is 9.53 Å². The van der Waals surface area contributed by atoms with Crippen molar-refractivity contribution in [2.45, 2.75) is 6.92 Å². The summed E-state index contributed by atoms with van der Waals surface area (Å²) in [4.78, 5) is 22.7. The number of rotatable bonds is 4. The van der Waals surface area contributed by atoms with E-state index >= 15 is 0 Å². The van der Waals surface area contributed by atoms with Crippen molar-refractivity contribution >= 4 is 11.9 Å². The van der Waals surface area contributed by atoms with Gasteiger partial charge >= 0.3 is 5.97 Å². The van der Waals surface area contributed by atoms with Gasteiger partial charge in [-0.05, 0) is 13.0 Å². The van der Waals surface area contributed by atoms with Crippen molar-refractivity contribution in [1.82, 2.24) is 15.5 Å². The van der Waals surface area contributed by atoms with Crippen molar-refractivity contribution in [3.8, 4) is 11.3 Å². The summed E-state index contributed by atoms with van der Waals surface area (Å²) >= 11 is 0. The Balaban J connectivity index is 2.06. The third kappa shape index (κ3) is 3.23. The Hall–Kier alpha value is -2.63. The van der Waals surface area contributed by atoms with Crippen molar-refractivity contribution < 1.29 is 14.3 Å². The first-order chi connectivity index (χ1) is 9.60. The maximum Gasteiger partial charge on any atom is 0.325 e. The minimum atomic E-state index is -0.503. The zero-order valence-corrected chi connectivity index (χ0v) is 11.3. The van der Waals surface area contributed by atoms with Gasteiger partial charge in [-0.3, -0.25) is 14.7 Å². The molecule has 6 nitrogen and oxygen atoms in total. The average molecular weight is 273 g/mol. The molecule has 0 atom stereocenters. The van der Waals surface area contributed by atoms with Gasteiger partial charge in [0.2, 0.25) is 0 Å². The number of amides is 1. The van der Waals surface area contributed by atoms with Crippen molar-refractivity contribution in [2.24, 2.45) is 0 Å². The largest absolute Gasteiger partial charge is 0.468 e. The molecule has 1 aromatic carbocycles. The van der Waals surface area contributed by atoms with Gasteiger partial charge < -0.3 is 10.1 Å². The zero-order valence-electron chi connectivity index (χ0n) is 11.3. The number of esters is 1. The molecule has 0 fully saturated rings. The van der Waals surface area contributed by atoms with Crippen LogP contribution in [0.25, 0.3) is 11.3 Å². The van der Waals surface area contributed by atoms with Crippen LogP contribution >= 0.6 is 0 Å². The van der Waals surface area contributed by atoms with Gasteiger partial charge in [0.05, 0.1) is 12.8 Å². The fourth-order valence-electron chi connectivity index (χ4n) is 1.63. The molecule has 0 radical (unpaired) electrons. The Labute approximate surface area is 116 Å². The normalized spacial score (nSPS) is 10.1. The molecular formula is C14H15N3O3. The van der Waals surface area contributed by atoms with E-state index in [1.165, 1.54) is 7.11 Å². The van der Waals surface area contributed by atoms with Crippen molar-refractivity contribution in [3.63, 3.8) is 0 Å². The molecule has 0 unspecified atom stereocenters. The number of carbonyl (C=O) groups is 2. The van der Waals surface area contributed by atoms with Crippen LogP contribution in [0.2, 0.25) is 0 Å². The second kappa shape index (κ2) is 6.01. The summed E-state index contributed by atoms with van der Waals surface area (Å²) in [6.07, 6.45) is 0. The standard InChI is InChI=1S/C14H15N3O3/c1-9-3-5-10(6-4-9)11-7-12(17-16-11)14(19)15-8-13(18)20-2/h3-7H,8H2,1-2H3,(H,15,19)(H,16,17). The molecule has 0 saturated carbocycles. The van der Waals surface area contributed by atoms with E-state index in [1.807, 2.05) is 31.2 Å². The lowest BCUT2D eigenvalue weighted by Gasteiger charge is -2.00. The molecule has 1 aromatic heterocycles. The van der Waals surface area contributed by atoms with Crippen LogP contribution in [0.5, 0.6) is 0 Å². The van der Waals surface area contributed by atoms with Gasteiger partial charge in [-0.25, -0.2) is 0 Å². The number of benzene rings is 1. The van der Waals surface area contributed by atoms with Crippen molar-refractivity contribution in [1.29, 1.82) is 0 Å². The van der Waals surface area contributed by atoms with Crippen LogP contribution < -0.4 is 5.32 Å². The van der Waals surface area contributed by atoms with Crippen LogP contribution in [0.15, 0.2) is 30.3 Å². The molecule has 0 spiro atoms. The monoisotopic (exact) mass is 273 g/mol. The van der Waals surface area contributed by atoms with E-state index in [9.17, 15) is 9.59 Å². The Morgan fingerprint density at radius 1 is 1.30 bits per heavy atom. The summed E-state index contributed by atoms with van der Waals surface area (Å²) in [6, 6.07) is 9.45. The van der Waals surface area contributed by atoms with E-state index < -0.39 is 11.9 Å². The molecule has 0 saturated heterocycles. The number of hydrogen-bond acceptors (Lipinski definition) is 4. The van der Waals surface area contributed by atoms with Crippen LogP contribution in [0.1, 0.15) is 16.1 Å². The Bertz CT molecular complexity index is 617. The number of hydrogen-bond donors (Lipinski definition) is 2. The Morgan fingerprint density at radius 3 is 2.65 bits per heavy atom. The number of nitrogens with zero attached hydrogens (tertiary/aromatic N) is 1. The Kier molecular flexibility index (Phi) is 4.14. The smallest absolute Gasteiger partial charge is 0.325 e. The molecule has 0 aliphatic heterocycles. The predicted molar refractivity (Wildman–Crippen MR) is 73.1 cm³/mol. The predicted octanol–water partition coefficient (Wildman–Crippen LogP) is 1.29. The zero-order chi connectivity index (χ0) is 14.5. The molecule has 1 heterocycles. The van der Waals surface area contributed by atoms with E-state index in [1.54, 1.807) is 6.07 Å². The minimum Gasteiger partial charge on any atom is -0.468 e. The van der Waals surface area contributed by atoms with Gasteiger partial charge in [0, 0.05) is 5.56 Å². The molecule has 0 aliphatic rings. The summed E-state index contributed by atoms with van der Waals surface area (Å²) in [5.41, 5.74) is 3.04. The number of ether oxygens (including phenoxy) is 1. The summed E-state index contributed by atoms with van der Waals surface area (Å²) in [5, 5.41) is 9.17. The van der Waals surface area contributed by atoms with Crippen molar-refractivity contribution in [2.75, 3.05) is 13.7 Å². The van der Waals surface area contributed by atoms with E-state index in [2.05, 4.69) is 20.3 Å². The maximum absolute atomic E-state index is 11.8. The molecule has 6 heteroatoms. The lowest BCUT2D eigenvalue weighted by Crippen LogP contribution is -2.30. The molecule has 2 N–H and O–H groups in total. The fourth-order valence-corrected chi connectivity index (χ4v) is 1.63. The second-order valence-corrected chi connectivity index (χ2v) is 4.29. The number of aryl methyl sites for hydroxylation is 1. The topological polar surface area (TPSA) is 84.1 Å². The van der Waals surface area contributed by atoms with Gasteiger partial charge in [-0.15, -0.1) is 0 Å². The van der Waals surface area contributed by atoms with Crippen LogP contribution in [0, 0.1) is 6.92 Å². The SMILES string of the molecule is COC(=O)CNC(=O)c1cc(-c2ccc(C)cc2)n[nH]1. The number of aromatic amines is 1. The first kappa shape index (κ1) is 13.8. The highest BCUT2D eigenvalue weighted by atomic mass is 16.5. The van der Waals surface area contributed by atoms with E-state index in [0.717, 1.165) is 11.1 Å². The number of nitrogens with one attached hydrogen (secondary N) is 2. The van der Waals surface area contributed by atoms with Gasteiger partial charge in [0.25, 0.3) is 5.91 Å². The molecule has 20 heavy (non-hydrogen) atoms. The summed E-state index contributed by atoms with van der Waals surface area (Å²) in [5.74, 6) is -0.905. The molecule has 0 bridgehead atoms. The van der Waals surface area contributed by atoms with E-state index in [-0.39, 0.29) is 6.54 Å². The van der Waals surface area contributed by atoms with Crippen molar-refractivity contribution in [3.05, 3.63) is 41.6 Å². The van der Waals surface area contributed by atoms with Crippen LogP contribution in [-0.4, -0.2) is 35.7 Å². The maximum atomic E-state index is 11.8.